The molecule has 0 aromatic heterocycles. The number of rotatable bonds is 0. The highest BCUT2D eigenvalue weighted by atomic mass is 32.2. The van der Waals surface area contributed by atoms with E-state index in [0.29, 0.717) is 0 Å². The quantitative estimate of drug-likeness (QED) is 0.321. The molecular formula is C2H6BO3S-3. The van der Waals surface area contributed by atoms with Crippen molar-refractivity contribution >= 4 is 19.1 Å². The van der Waals surface area contributed by atoms with Crippen LogP contribution in [0.25, 0.3) is 0 Å². The second-order valence-corrected chi connectivity index (χ2v) is 1.51. The Kier molecular flexibility index (Phi) is 14.1. The van der Waals surface area contributed by atoms with Crippen LogP contribution < -0.4 is 15.1 Å². The van der Waals surface area contributed by atoms with Gasteiger partial charge in [-0.25, -0.2) is 0 Å². The average molecular weight is 121 g/mol. The van der Waals surface area contributed by atoms with Crippen molar-refractivity contribution in [1.29, 1.82) is 0 Å². The lowest BCUT2D eigenvalue weighted by atomic mass is 10.3. The van der Waals surface area contributed by atoms with Gasteiger partial charge in [-0.15, -0.1) is 0 Å². The highest BCUT2D eigenvalue weighted by molar-refractivity contribution is 7.97. The molecule has 0 spiro atoms. The molecule has 0 aromatic carbocycles. The predicted octanol–water partition coefficient (Wildman–Crippen LogP) is -2.97. The van der Waals surface area contributed by atoms with E-state index >= 15 is 0 Å². The highest BCUT2D eigenvalue weighted by Gasteiger charge is 1.32. The molecule has 3 nitrogen and oxygen atoms in total. The van der Waals surface area contributed by atoms with Crippen molar-refractivity contribution in [1.82, 2.24) is 0 Å². The first kappa shape index (κ1) is 10.3. The molecule has 0 aliphatic carbocycles. The van der Waals surface area contributed by atoms with E-state index < -0.39 is 7.32 Å². The van der Waals surface area contributed by atoms with E-state index in [1.54, 1.807) is 11.8 Å². The molecule has 0 unspecified atom stereocenters. The van der Waals surface area contributed by atoms with Crippen molar-refractivity contribution in [3.05, 3.63) is 0 Å². The Morgan fingerprint density at radius 3 is 1.14 bits per heavy atom. The molecule has 44 valence electrons. The first-order valence-electron chi connectivity index (χ1n) is 1.52. The molecule has 0 heterocycles. The van der Waals surface area contributed by atoms with Gasteiger partial charge in [-0.2, -0.15) is 11.8 Å². The Balaban J connectivity index is 0. The summed E-state index contributed by atoms with van der Waals surface area (Å²) in [5.41, 5.74) is 0. The maximum Gasteiger partial charge on any atom is -0.0187 e. The van der Waals surface area contributed by atoms with Crippen LogP contribution in [0.3, 0.4) is 0 Å². The predicted molar refractivity (Wildman–Crippen MR) is 25.2 cm³/mol. The molecule has 0 aromatic rings. The molecule has 0 fully saturated rings. The molecule has 0 atom stereocenters. The lowest BCUT2D eigenvalue weighted by Crippen LogP contribution is -2.56. The Labute approximate surface area is 47.5 Å². The highest BCUT2D eigenvalue weighted by Crippen LogP contribution is 1.70. The largest absolute Gasteiger partial charge is 0.907 e. The van der Waals surface area contributed by atoms with Crippen LogP contribution in [0.1, 0.15) is 0 Å². The average Bonchev–Trinajstić information content (AvgIpc) is 1.33. The first-order chi connectivity index (χ1) is 3.15. The number of thioether (sulfide) groups is 1. The van der Waals surface area contributed by atoms with Crippen molar-refractivity contribution in [3.63, 3.8) is 0 Å². The van der Waals surface area contributed by atoms with E-state index in [0.717, 1.165) is 0 Å². The zero-order valence-electron chi connectivity index (χ0n) is 4.21. The van der Waals surface area contributed by atoms with E-state index in [1.807, 2.05) is 12.5 Å². The fourth-order valence-corrected chi connectivity index (χ4v) is 0. The number of hydrogen-bond acceptors (Lipinski definition) is 4. The van der Waals surface area contributed by atoms with E-state index in [2.05, 4.69) is 0 Å². The van der Waals surface area contributed by atoms with Crippen LogP contribution in [-0.4, -0.2) is 19.8 Å². The Morgan fingerprint density at radius 1 is 1.14 bits per heavy atom. The van der Waals surface area contributed by atoms with E-state index in [4.69, 9.17) is 15.1 Å². The molecule has 5 heteroatoms. The molecular weight excluding hydrogens is 115 g/mol. The third kappa shape index (κ3) is 1330. The van der Waals surface area contributed by atoms with E-state index in [9.17, 15) is 0 Å². The molecule has 0 rings (SSSR count). The fraction of sp³-hybridized carbons (Fsp3) is 1.00. The zero-order chi connectivity index (χ0) is 6.28. The van der Waals surface area contributed by atoms with Gasteiger partial charge in [0.15, 0.2) is 0 Å². The van der Waals surface area contributed by atoms with Gasteiger partial charge in [0, 0.05) is 0 Å². The Hall–Kier alpha value is 0.295. The Morgan fingerprint density at radius 2 is 1.14 bits per heavy atom. The molecule has 0 aliphatic heterocycles. The van der Waals surface area contributed by atoms with Crippen molar-refractivity contribution < 1.29 is 15.1 Å². The third-order valence-corrected chi connectivity index (χ3v) is 0. The van der Waals surface area contributed by atoms with Gasteiger partial charge in [0.2, 0.25) is 0 Å². The van der Waals surface area contributed by atoms with Crippen LogP contribution in [-0.2, 0) is 0 Å². The molecule has 0 saturated heterocycles. The summed E-state index contributed by atoms with van der Waals surface area (Å²) in [7, 11) is -2.92. The normalized spacial score (nSPS) is 6.43. The number of hydrogen-bond donors (Lipinski definition) is 0. The van der Waals surface area contributed by atoms with Gasteiger partial charge in [0.05, 0.1) is 0 Å². The van der Waals surface area contributed by atoms with Crippen LogP contribution >= 0.6 is 11.8 Å². The van der Waals surface area contributed by atoms with Gasteiger partial charge in [-0.1, -0.05) is 0 Å². The van der Waals surface area contributed by atoms with Crippen LogP contribution in [0.5, 0.6) is 0 Å². The topological polar surface area (TPSA) is 69.2 Å². The third-order valence-electron chi connectivity index (χ3n) is 0. The van der Waals surface area contributed by atoms with Gasteiger partial charge in [0.1, 0.15) is 0 Å². The SMILES string of the molecule is CSC.[O-]B([O-])[O-]. The maximum absolute atomic E-state index is 8.42. The molecule has 0 amide bonds. The standard InChI is InChI=1S/C2H6S.BO3/c1-3-2;2-1(3)4/h1-2H3;/q;-3. The van der Waals surface area contributed by atoms with Crippen LogP contribution in [0, 0.1) is 0 Å². The van der Waals surface area contributed by atoms with Gasteiger partial charge in [0.25, 0.3) is 0 Å². The summed E-state index contributed by atoms with van der Waals surface area (Å²) in [5.74, 6) is 0. The lowest BCUT2D eigenvalue weighted by molar-refractivity contribution is -0.479. The molecule has 7 heavy (non-hydrogen) atoms. The molecule has 0 saturated carbocycles. The molecule has 0 bridgehead atoms. The van der Waals surface area contributed by atoms with Gasteiger partial charge >= 0.3 is 0 Å². The molecule has 0 radical (unpaired) electrons. The van der Waals surface area contributed by atoms with E-state index in [-0.39, 0.29) is 0 Å². The maximum atomic E-state index is 8.42. The van der Waals surface area contributed by atoms with Crippen LogP contribution in [0.4, 0.5) is 0 Å². The van der Waals surface area contributed by atoms with Gasteiger partial charge < -0.3 is 15.1 Å². The van der Waals surface area contributed by atoms with Crippen molar-refractivity contribution in [2.75, 3.05) is 12.5 Å². The summed E-state index contributed by atoms with van der Waals surface area (Å²) in [5, 5.41) is 25.2. The van der Waals surface area contributed by atoms with Crippen LogP contribution in [0.2, 0.25) is 0 Å². The van der Waals surface area contributed by atoms with E-state index in [1.165, 1.54) is 0 Å². The first-order valence-corrected chi connectivity index (χ1v) is 3.16. The summed E-state index contributed by atoms with van der Waals surface area (Å²) in [4.78, 5) is 0. The zero-order valence-corrected chi connectivity index (χ0v) is 5.03. The summed E-state index contributed by atoms with van der Waals surface area (Å²) in [6.45, 7) is 0. The second kappa shape index (κ2) is 9.57. The molecule has 0 N–H and O–H groups in total. The minimum absolute atomic E-state index is 1.75. The smallest absolute Gasteiger partial charge is 0.0187 e. The minimum atomic E-state index is -2.92. The monoisotopic (exact) mass is 121 g/mol. The fourth-order valence-electron chi connectivity index (χ4n) is 0. The summed E-state index contributed by atoms with van der Waals surface area (Å²) in [6, 6.07) is 0. The van der Waals surface area contributed by atoms with Gasteiger partial charge in [-0.05, 0) is 12.5 Å². The summed E-state index contributed by atoms with van der Waals surface area (Å²) in [6.07, 6.45) is 4.08. The minimum Gasteiger partial charge on any atom is -0.907 e. The van der Waals surface area contributed by atoms with Crippen LogP contribution in [0.15, 0.2) is 0 Å². The Bertz CT molecular complexity index is 24.1. The van der Waals surface area contributed by atoms with Crippen molar-refractivity contribution in [3.8, 4) is 0 Å². The lowest BCUT2D eigenvalue weighted by Gasteiger charge is -2.35. The molecule has 0 aliphatic rings. The van der Waals surface area contributed by atoms with Gasteiger partial charge in [-0.3, -0.25) is 7.32 Å². The van der Waals surface area contributed by atoms with Crippen molar-refractivity contribution in [2.45, 2.75) is 0 Å². The second-order valence-electron chi connectivity index (χ2n) is 0.697. The van der Waals surface area contributed by atoms with Crippen molar-refractivity contribution in [2.24, 2.45) is 0 Å². The summed E-state index contributed by atoms with van der Waals surface area (Å²) >= 11 is 1.75. The summed E-state index contributed by atoms with van der Waals surface area (Å²) < 4.78 is 0.